The number of benzene rings is 2. The van der Waals surface area contributed by atoms with Gasteiger partial charge in [0.05, 0.1) is 5.56 Å². The molecule has 0 atom stereocenters. The van der Waals surface area contributed by atoms with E-state index in [0.29, 0.717) is 10.6 Å². The third-order valence-electron chi connectivity index (χ3n) is 4.61. The Morgan fingerprint density at radius 1 is 1.21 bits per heavy atom. The van der Waals surface area contributed by atoms with Gasteiger partial charge in [-0.2, -0.15) is 0 Å². The second kappa shape index (κ2) is 6.33. The maximum absolute atomic E-state index is 11.9. The van der Waals surface area contributed by atoms with Crippen molar-refractivity contribution in [2.75, 3.05) is 0 Å². The van der Waals surface area contributed by atoms with Crippen LogP contribution >= 0.6 is 11.6 Å². The highest BCUT2D eigenvalue weighted by Gasteiger charge is 2.20. The van der Waals surface area contributed by atoms with E-state index in [-0.39, 0.29) is 0 Å². The van der Waals surface area contributed by atoms with E-state index < -0.39 is 5.97 Å². The van der Waals surface area contributed by atoms with Gasteiger partial charge >= 0.3 is 5.97 Å². The van der Waals surface area contributed by atoms with Crippen LogP contribution in [-0.2, 0) is 13.0 Å². The van der Waals surface area contributed by atoms with Crippen molar-refractivity contribution in [3.8, 4) is 11.1 Å². The molecule has 0 bridgehead atoms. The second-order valence-corrected chi connectivity index (χ2v) is 6.28. The van der Waals surface area contributed by atoms with E-state index in [1.54, 1.807) is 6.07 Å². The number of hydrogen-bond acceptors (Lipinski definition) is 1. The topological polar surface area (TPSA) is 42.2 Å². The Kier molecular flexibility index (Phi) is 4.37. The molecule has 0 spiro atoms. The summed E-state index contributed by atoms with van der Waals surface area (Å²) in [6.45, 7) is 7.00. The van der Waals surface area contributed by atoms with Crippen LogP contribution in [0.5, 0.6) is 0 Å². The van der Waals surface area contributed by atoms with Crippen LogP contribution < -0.4 is 0 Å². The van der Waals surface area contributed by atoms with E-state index in [4.69, 9.17) is 11.6 Å². The van der Waals surface area contributed by atoms with Gasteiger partial charge in [-0.15, -0.1) is 0 Å². The summed E-state index contributed by atoms with van der Waals surface area (Å²) in [6.07, 6.45) is 0.870. The Hall–Kier alpha value is -2.26. The van der Waals surface area contributed by atoms with Gasteiger partial charge in [0.1, 0.15) is 0 Å². The summed E-state index contributed by atoms with van der Waals surface area (Å²) in [4.78, 5) is 11.9. The molecule has 3 aromatic rings. The van der Waals surface area contributed by atoms with E-state index in [2.05, 4.69) is 24.5 Å². The Bertz CT molecular complexity index is 940. The lowest BCUT2D eigenvalue weighted by Crippen LogP contribution is -2.01. The van der Waals surface area contributed by atoms with Crippen LogP contribution in [0.2, 0.25) is 5.02 Å². The molecule has 0 radical (unpaired) electrons. The molecule has 24 heavy (non-hydrogen) atoms. The third-order valence-corrected chi connectivity index (χ3v) is 4.94. The van der Waals surface area contributed by atoms with Crippen LogP contribution in [-0.4, -0.2) is 15.6 Å². The van der Waals surface area contributed by atoms with Crippen molar-refractivity contribution in [1.29, 1.82) is 0 Å². The fraction of sp³-hybridized carbons (Fsp3) is 0.250. The molecular weight excluding hydrogens is 322 g/mol. The third kappa shape index (κ3) is 2.49. The monoisotopic (exact) mass is 341 g/mol. The summed E-state index contributed by atoms with van der Waals surface area (Å²) < 4.78 is 2.21. The number of carboxylic acid groups (broad SMARTS) is 1. The zero-order valence-electron chi connectivity index (χ0n) is 14.1. The fourth-order valence-electron chi connectivity index (χ4n) is 3.56. The van der Waals surface area contributed by atoms with Gasteiger partial charge in [0.25, 0.3) is 0 Å². The van der Waals surface area contributed by atoms with E-state index in [1.807, 2.05) is 31.2 Å². The molecule has 0 aliphatic heterocycles. The maximum Gasteiger partial charge on any atom is 0.336 e. The SMILES string of the molecule is CCc1c(C)c2c(C(=O)O)cc(-c3ccccc3Cl)cc2n1CC. The minimum atomic E-state index is -0.909. The normalized spacial score (nSPS) is 11.2. The molecule has 0 fully saturated rings. The number of aryl methyl sites for hydroxylation is 2. The summed E-state index contributed by atoms with van der Waals surface area (Å²) in [6, 6.07) is 11.3. The highest BCUT2D eigenvalue weighted by molar-refractivity contribution is 6.33. The molecule has 4 heteroatoms. The van der Waals surface area contributed by atoms with Gasteiger partial charge in [-0.05, 0) is 49.6 Å². The lowest BCUT2D eigenvalue weighted by molar-refractivity contribution is 0.0699. The standard InChI is InChI=1S/C20H20ClNO2/c1-4-17-12(3)19-15(20(23)24)10-13(11-18(19)22(17)5-2)14-8-6-7-9-16(14)21/h6-11H,4-5H2,1-3H3,(H,23,24). The van der Waals surface area contributed by atoms with E-state index in [0.717, 1.165) is 40.6 Å². The molecule has 0 saturated carbocycles. The number of carboxylic acids is 1. The Balaban J connectivity index is 2.44. The van der Waals surface area contributed by atoms with Crippen molar-refractivity contribution in [3.05, 3.63) is 58.2 Å². The van der Waals surface area contributed by atoms with Gasteiger partial charge in [0.2, 0.25) is 0 Å². The van der Waals surface area contributed by atoms with Gasteiger partial charge in [-0.1, -0.05) is 36.7 Å². The average molecular weight is 342 g/mol. The molecule has 0 aliphatic carbocycles. The van der Waals surface area contributed by atoms with Crippen molar-refractivity contribution in [2.24, 2.45) is 0 Å². The van der Waals surface area contributed by atoms with Gasteiger partial charge in [-0.3, -0.25) is 0 Å². The van der Waals surface area contributed by atoms with Gasteiger partial charge in [0, 0.05) is 33.7 Å². The Morgan fingerprint density at radius 3 is 2.50 bits per heavy atom. The first-order valence-electron chi connectivity index (χ1n) is 8.13. The van der Waals surface area contributed by atoms with Crippen molar-refractivity contribution < 1.29 is 9.90 Å². The highest BCUT2D eigenvalue weighted by atomic mass is 35.5. The molecule has 3 nitrogen and oxygen atoms in total. The van der Waals surface area contributed by atoms with Gasteiger partial charge in [-0.25, -0.2) is 4.79 Å². The average Bonchev–Trinajstić information content (AvgIpc) is 2.85. The van der Waals surface area contributed by atoms with Crippen LogP contribution in [0.15, 0.2) is 36.4 Å². The molecule has 1 N–H and O–H groups in total. The van der Waals surface area contributed by atoms with Crippen molar-refractivity contribution in [2.45, 2.75) is 33.7 Å². The molecular formula is C20H20ClNO2. The summed E-state index contributed by atoms with van der Waals surface area (Å²) in [7, 11) is 0. The van der Waals surface area contributed by atoms with E-state index in [9.17, 15) is 9.90 Å². The Morgan fingerprint density at radius 2 is 1.92 bits per heavy atom. The smallest absolute Gasteiger partial charge is 0.336 e. The summed E-state index contributed by atoms with van der Waals surface area (Å²) >= 11 is 6.33. The zero-order chi connectivity index (χ0) is 17.4. The number of fused-ring (bicyclic) bond motifs is 1. The number of aromatic nitrogens is 1. The largest absolute Gasteiger partial charge is 0.478 e. The van der Waals surface area contributed by atoms with E-state index >= 15 is 0 Å². The number of nitrogens with zero attached hydrogens (tertiary/aromatic N) is 1. The predicted molar refractivity (Wildman–Crippen MR) is 99.1 cm³/mol. The molecule has 0 aliphatic rings. The number of carbonyl (C=O) groups is 1. The first-order chi connectivity index (χ1) is 11.5. The maximum atomic E-state index is 11.9. The first kappa shape index (κ1) is 16.6. The Labute approximate surface area is 146 Å². The molecule has 1 aromatic heterocycles. The minimum absolute atomic E-state index is 0.335. The summed E-state index contributed by atoms with van der Waals surface area (Å²) in [5.41, 5.74) is 5.22. The molecule has 3 rings (SSSR count). The summed E-state index contributed by atoms with van der Waals surface area (Å²) in [5.74, 6) is -0.909. The lowest BCUT2D eigenvalue weighted by Gasteiger charge is -2.10. The van der Waals surface area contributed by atoms with Crippen LogP contribution in [0, 0.1) is 6.92 Å². The number of hydrogen-bond donors (Lipinski definition) is 1. The van der Waals surface area contributed by atoms with Crippen LogP contribution in [0.3, 0.4) is 0 Å². The van der Waals surface area contributed by atoms with E-state index in [1.165, 1.54) is 5.69 Å². The molecule has 0 amide bonds. The molecule has 124 valence electrons. The van der Waals surface area contributed by atoms with Crippen molar-refractivity contribution in [1.82, 2.24) is 4.57 Å². The highest BCUT2D eigenvalue weighted by Crippen LogP contribution is 2.36. The number of aromatic carboxylic acids is 1. The predicted octanol–water partition coefficient (Wildman–Crippen LogP) is 5.55. The van der Waals surface area contributed by atoms with Crippen molar-refractivity contribution >= 4 is 28.5 Å². The van der Waals surface area contributed by atoms with Crippen molar-refractivity contribution in [3.63, 3.8) is 0 Å². The molecule has 1 heterocycles. The van der Waals surface area contributed by atoms with Crippen LogP contribution in [0.25, 0.3) is 22.0 Å². The quantitative estimate of drug-likeness (QED) is 0.676. The van der Waals surface area contributed by atoms with Gasteiger partial charge in [0.15, 0.2) is 0 Å². The first-order valence-corrected chi connectivity index (χ1v) is 8.51. The zero-order valence-corrected chi connectivity index (χ0v) is 14.8. The lowest BCUT2D eigenvalue weighted by atomic mass is 9.98. The summed E-state index contributed by atoms with van der Waals surface area (Å²) in [5, 5.41) is 11.2. The molecule has 0 unspecified atom stereocenters. The number of rotatable bonds is 4. The second-order valence-electron chi connectivity index (χ2n) is 5.87. The minimum Gasteiger partial charge on any atom is -0.478 e. The molecule has 2 aromatic carbocycles. The van der Waals surface area contributed by atoms with Crippen LogP contribution in [0.4, 0.5) is 0 Å². The number of halogens is 1. The van der Waals surface area contributed by atoms with Gasteiger partial charge < -0.3 is 9.67 Å². The van der Waals surface area contributed by atoms with Crippen LogP contribution in [0.1, 0.15) is 35.5 Å². The fourth-order valence-corrected chi connectivity index (χ4v) is 3.81. The molecule has 0 saturated heterocycles.